The summed E-state index contributed by atoms with van der Waals surface area (Å²) in [6.45, 7) is 0. The molecule has 0 bridgehead atoms. The first kappa shape index (κ1) is 12.6. The minimum atomic E-state index is -4.79. The molecule has 1 aromatic rings. The molecule has 0 aliphatic heterocycles. The Morgan fingerprint density at radius 3 is 2.56 bits per heavy atom. The van der Waals surface area contributed by atoms with E-state index in [1.54, 1.807) is 0 Å². The van der Waals surface area contributed by atoms with E-state index in [1.807, 2.05) is 0 Å². The summed E-state index contributed by atoms with van der Waals surface area (Å²) in [5.74, 6) is -7.39. The van der Waals surface area contributed by atoms with Crippen LogP contribution in [-0.2, 0) is 4.79 Å². The zero-order chi connectivity index (χ0) is 12.3. The van der Waals surface area contributed by atoms with Gasteiger partial charge < -0.3 is 5.32 Å². The summed E-state index contributed by atoms with van der Waals surface area (Å²) in [6.07, 6.45) is -2.12. The van der Waals surface area contributed by atoms with E-state index in [9.17, 15) is 22.4 Å². The van der Waals surface area contributed by atoms with Crippen LogP contribution in [0.25, 0.3) is 0 Å². The molecule has 9 heteroatoms. The number of amides is 1. The van der Waals surface area contributed by atoms with E-state index in [4.69, 9.17) is 11.6 Å². The van der Waals surface area contributed by atoms with E-state index < -0.39 is 24.1 Å². The molecule has 1 amide bonds. The van der Waals surface area contributed by atoms with Crippen molar-refractivity contribution >= 4 is 23.3 Å². The van der Waals surface area contributed by atoms with Gasteiger partial charge in [0, 0.05) is 0 Å². The molecule has 0 fully saturated rings. The van der Waals surface area contributed by atoms with E-state index in [2.05, 4.69) is 9.97 Å². The average molecular weight is 258 g/mol. The Kier molecular flexibility index (Phi) is 3.63. The van der Waals surface area contributed by atoms with Gasteiger partial charge in [0.15, 0.2) is 5.82 Å². The number of anilines is 1. The van der Waals surface area contributed by atoms with Gasteiger partial charge in [-0.3, -0.25) is 9.78 Å². The highest BCUT2D eigenvalue weighted by Crippen LogP contribution is 2.24. The molecule has 0 saturated carbocycles. The summed E-state index contributed by atoms with van der Waals surface area (Å²) in [4.78, 5) is 17.5. The molecule has 0 saturated heterocycles. The molecular formula is C7H4ClF4N3O. The fourth-order valence-electron chi connectivity index (χ4n) is 0.701. The summed E-state index contributed by atoms with van der Waals surface area (Å²) >= 11 is 5.34. The van der Waals surface area contributed by atoms with Gasteiger partial charge in [-0.2, -0.15) is 8.78 Å². The molecule has 1 rings (SSSR count). The van der Waals surface area contributed by atoms with E-state index >= 15 is 0 Å². The van der Waals surface area contributed by atoms with Crippen molar-refractivity contribution in [3.05, 3.63) is 17.5 Å². The van der Waals surface area contributed by atoms with Gasteiger partial charge in [0.2, 0.25) is 0 Å². The van der Waals surface area contributed by atoms with Gasteiger partial charge in [-0.15, -0.1) is 0 Å². The van der Waals surface area contributed by atoms with Gasteiger partial charge in [0.05, 0.1) is 12.4 Å². The summed E-state index contributed by atoms with van der Waals surface area (Å²) in [7, 11) is 0. The number of hydrogen-bond acceptors (Lipinski definition) is 3. The lowest BCUT2D eigenvalue weighted by molar-refractivity contribution is -0.163. The number of carbonyl (C=O) groups excluding carboxylic acids is 1. The summed E-state index contributed by atoms with van der Waals surface area (Å²) in [5.41, 5.74) is 0. The minimum Gasteiger partial charge on any atom is -0.304 e. The normalized spacial score (nSPS) is 11.6. The van der Waals surface area contributed by atoms with Crippen molar-refractivity contribution < 1.29 is 22.4 Å². The number of nitrogens with one attached hydrogen (secondary N) is 1. The number of alkyl halides is 4. The Labute approximate surface area is 91.6 Å². The molecular weight excluding hydrogens is 254 g/mol. The van der Waals surface area contributed by atoms with Crippen LogP contribution in [0.2, 0.25) is 5.15 Å². The molecule has 0 aliphatic carbocycles. The third-order valence-corrected chi connectivity index (χ3v) is 1.61. The van der Waals surface area contributed by atoms with Crippen LogP contribution in [0.3, 0.4) is 0 Å². The standard InChI is InChI=1S/C7H4ClF4N3O/c8-3-1-13-2-4(14-3)15-6(16)7(11,12)5(9)10/h1-2,5H,(H,14,15,16). The largest absolute Gasteiger partial charge is 0.383 e. The smallest absolute Gasteiger partial charge is 0.304 e. The number of halogens is 5. The zero-order valence-corrected chi connectivity index (χ0v) is 8.18. The summed E-state index contributed by atoms with van der Waals surface area (Å²) < 4.78 is 48.5. The first-order valence-corrected chi connectivity index (χ1v) is 4.17. The van der Waals surface area contributed by atoms with Crippen molar-refractivity contribution in [1.82, 2.24) is 9.97 Å². The topological polar surface area (TPSA) is 54.9 Å². The lowest BCUT2D eigenvalue weighted by Gasteiger charge is -2.13. The van der Waals surface area contributed by atoms with E-state index in [0.717, 1.165) is 12.4 Å². The van der Waals surface area contributed by atoms with E-state index in [1.165, 1.54) is 5.32 Å². The minimum absolute atomic E-state index is 0.168. The van der Waals surface area contributed by atoms with Crippen molar-refractivity contribution in [3.63, 3.8) is 0 Å². The molecule has 16 heavy (non-hydrogen) atoms. The third-order valence-electron chi connectivity index (χ3n) is 1.42. The van der Waals surface area contributed by atoms with Crippen LogP contribution < -0.4 is 5.32 Å². The molecule has 0 atom stereocenters. The quantitative estimate of drug-likeness (QED) is 0.842. The van der Waals surface area contributed by atoms with Crippen molar-refractivity contribution in [2.75, 3.05) is 5.32 Å². The molecule has 0 radical (unpaired) electrons. The molecule has 1 N–H and O–H groups in total. The van der Waals surface area contributed by atoms with Crippen LogP contribution in [0.1, 0.15) is 0 Å². The van der Waals surface area contributed by atoms with Crippen molar-refractivity contribution in [1.29, 1.82) is 0 Å². The molecule has 1 aromatic heterocycles. The number of aromatic nitrogens is 2. The van der Waals surface area contributed by atoms with E-state index in [0.29, 0.717) is 0 Å². The lowest BCUT2D eigenvalue weighted by atomic mass is 10.3. The fraction of sp³-hybridized carbons (Fsp3) is 0.286. The van der Waals surface area contributed by atoms with Crippen LogP contribution in [0.5, 0.6) is 0 Å². The van der Waals surface area contributed by atoms with Crippen molar-refractivity contribution in [3.8, 4) is 0 Å². The van der Waals surface area contributed by atoms with Crippen LogP contribution in [0.15, 0.2) is 12.4 Å². The first-order chi connectivity index (χ1) is 7.34. The average Bonchev–Trinajstić information content (AvgIpc) is 2.17. The number of nitrogens with zero attached hydrogens (tertiary/aromatic N) is 2. The highest BCUT2D eigenvalue weighted by molar-refractivity contribution is 6.29. The molecule has 1 heterocycles. The maximum atomic E-state index is 12.5. The third kappa shape index (κ3) is 2.78. The van der Waals surface area contributed by atoms with Gasteiger partial charge in [0.1, 0.15) is 5.15 Å². The maximum absolute atomic E-state index is 12.5. The van der Waals surface area contributed by atoms with Gasteiger partial charge in [-0.25, -0.2) is 13.8 Å². The number of carbonyl (C=O) groups is 1. The molecule has 0 aromatic carbocycles. The van der Waals surface area contributed by atoms with Gasteiger partial charge >= 0.3 is 18.3 Å². The SMILES string of the molecule is O=C(Nc1cncc(Cl)n1)C(F)(F)C(F)F. The van der Waals surface area contributed by atoms with Crippen molar-refractivity contribution in [2.24, 2.45) is 0 Å². The zero-order valence-electron chi connectivity index (χ0n) is 7.42. The van der Waals surface area contributed by atoms with Gasteiger partial charge in [0.25, 0.3) is 0 Å². The predicted octanol–water partition coefficient (Wildman–Crippen LogP) is 1.97. The van der Waals surface area contributed by atoms with Gasteiger partial charge in [-0.05, 0) is 0 Å². The molecule has 0 aliphatic rings. The second-order valence-corrected chi connectivity index (χ2v) is 2.99. The highest BCUT2D eigenvalue weighted by Gasteiger charge is 2.49. The molecule has 4 nitrogen and oxygen atoms in total. The maximum Gasteiger partial charge on any atom is 0.383 e. The fourth-order valence-corrected chi connectivity index (χ4v) is 0.849. The summed E-state index contributed by atoms with van der Waals surface area (Å²) in [6, 6.07) is 0. The summed E-state index contributed by atoms with van der Waals surface area (Å²) in [5, 5.41) is 1.31. The van der Waals surface area contributed by atoms with Crippen LogP contribution in [0, 0.1) is 0 Å². The Morgan fingerprint density at radius 2 is 2.06 bits per heavy atom. The molecule has 0 unspecified atom stereocenters. The van der Waals surface area contributed by atoms with Crippen LogP contribution >= 0.6 is 11.6 Å². The van der Waals surface area contributed by atoms with Crippen LogP contribution in [-0.4, -0.2) is 28.2 Å². The van der Waals surface area contributed by atoms with Crippen LogP contribution in [0.4, 0.5) is 23.4 Å². The van der Waals surface area contributed by atoms with E-state index in [-0.39, 0.29) is 5.15 Å². The highest BCUT2D eigenvalue weighted by atomic mass is 35.5. The molecule has 0 spiro atoms. The lowest BCUT2D eigenvalue weighted by Crippen LogP contribution is -2.41. The van der Waals surface area contributed by atoms with Gasteiger partial charge in [-0.1, -0.05) is 11.6 Å². The predicted molar refractivity (Wildman–Crippen MR) is 46.6 cm³/mol. The molecule has 88 valence electrons. The second-order valence-electron chi connectivity index (χ2n) is 2.60. The number of hydrogen-bond donors (Lipinski definition) is 1. The second kappa shape index (κ2) is 4.60. The Balaban J connectivity index is 2.79. The number of rotatable bonds is 3. The first-order valence-electron chi connectivity index (χ1n) is 3.79. The monoisotopic (exact) mass is 257 g/mol. The Bertz CT molecular complexity index is 401. The Morgan fingerprint density at radius 1 is 1.44 bits per heavy atom. The van der Waals surface area contributed by atoms with Crippen molar-refractivity contribution in [2.45, 2.75) is 12.3 Å². The Hall–Kier alpha value is -1.44.